The monoisotopic (exact) mass is 630 g/mol. The molecule has 0 bridgehead atoms. The van der Waals surface area contributed by atoms with E-state index in [2.05, 4.69) is 185 Å². The molecule has 1 saturated carbocycles. The maximum atomic E-state index is 2.40. The van der Waals surface area contributed by atoms with Crippen LogP contribution in [-0.2, 0) is 5.41 Å². The Hall–Kier alpha value is -4.82. The molecule has 1 fully saturated rings. The van der Waals surface area contributed by atoms with Crippen LogP contribution in [0.15, 0.2) is 145 Å². The number of hydrogen-bond donors (Lipinski definition) is 0. The molecule has 0 radical (unpaired) electrons. The third kappa shape index (κ3) is 7.19. The van der Waals surface area contributed by atoms with E-state index in [0.717, 1.165) is 0 Å². The Morgan fingerprint density at radius 2 is 0.812 bits per heavy atom. The maximum absolute atomic E-state index is 2.40. The van der Waals surface area contributed by atoms with Crippen molar-refractivity contribution in [3.8, 4) is 0 Å². The number of aryl methyl sites for hydroxylation is 3. The zero-order valence-electron chi connectivity index (χ0n) is 29.6. The summed E-state index contributed by atoms with van der Waals surface area (Å²) in [5.41, 5.74) is 15.0. The number of nitrogens with zero attached hydrogens (tertiary/aromatic N) is 2. The van der Waals surface area contributed by atoms with Crippen LogP contribution >= 0.6 is 0 Å². The average Bonchev–Trinajstić information content (AvgIpc) is 3.11. The maximum Gasteiger partial charge on any atom is 0.0461 e. The highest BCUT2D eigenvalue weighted by Crippen LogP contribution is 2.46. The molecule has 0 aromatic heterocycles. The number of hydrogen-bond acceptors (Lipinski definition) is 2. The van der Waals surface area contributed by atoms with Gasteiger partial charge in [0.15, 0.2) is 0 Å². The summed E-state index contributed by atoms with van der Waals surface area (Å²) < 4.78 is 0. The first-order valence-electron chi connectivity index (χ1n) is 17.6. The molecule has 0 atom stereocenters. The Morgan fingerprint density at radius 3 is 1.21 bits per heavy atom. The van der Waals surface area contributed by atoms with Gasteiger partial charge in [0, 0.05) is 39.5 Å². The van der Waals surface area contributed by atoms with Gasteiger partial charge in [-0.3, -0.25) is 0 Å². The quantitative estimate of drug-likeness (QED) is 0.150. The van der Waals surface area contributed by atoms with E-state index >= 15 is 0 Å². The SMILES string of the molecule is CC(C)=C/C=C(\C)N(c1ccc(C)cc1)c1ccc(C2(c3ccc(N(c4ccc(C)cc4)c4ccc(C)cc4)cc3)CCCCC2)cc1. The normalized spacial score (nSPS) is 14.3. The minimum atomic E-state index is 0.00942. The van der Waals surface area contributed by atoms with Gasteiger partial charge in [0.05, 0.1) is 0 Å². The highest BCUT2D eigenvalue weighted by molar-refractivity contribution is 5.77. The molecule has 0 N–H and O–H groups in total. The van der Waals surface area contributed by atoms with Crippen LogP contribution in [0.25, 0.3) is 0 Å². The van der Waals surface area contributed by atoms with Crippen molar-refractivity contribution in [2.75, 3.05) is 9.80 Å². The van der Waals surface area contributed by atoms with Crippen LogP contribution in [0.4, 0.5) is 28.4 Å². The molecule has 0 saturated heterocycles. The molecule has 1 aliphatic rings. The van der Waals surface area contributed by atoms with Gasteiger partial charge in [-0.1, -0.05) is 108 Å². The lowest BCUT2D eigenvalue weighted by Gasteiger charge is -2.39. The Kier molecular flexibility index (Phi) is 10.0. The fourth-order valence-corrected chi connectivity index (χ4v) is 7.21. The summed E-state index contributed by atoms with van der Waals surface area (Å²) >= 11 is 0. The smallest absolute Gasteiger partial charge is 0.0461 e. The zero-order chi connectivity index (χ0) is 33.7. The lowest BCUT2D eigenvalue weighted by molar-refractivity contribution is 0.346. The predicted octanol–water partition coefficient (Wildman–Crippen LogP) is 13.3. The van der Waals surface area contributed by atoms with Gasteiger partial charge < -0.3 is 9.80 Å². The van der Waals surface area contributed by atoms with Crippen molar-refractivity contribution in [2.45, 2.75) is 79.1 Å². The lowest BCUT2D eigenvalue weighted by Crippen LogP contribution is -2.30. The number of anilines is 5. The van der Waals surface area contributed by atoms with E-state index in [0.29, 0.717) is 0 Å². The van der Waals surface area contributed by atoms with Gasteiger partial charge >= 0.3 is 0 Å². The van der Waals surface area contributed by atoms with E-state index in [1.807, 2.05) is 0 Å². The summed E-state index contributed by atoms with van der Waals surface area (Å²) in [7, 11) is 0. The van der Waals surface area contributed by atoms with E-state index in [4.69, 9.17) is 0 Å². The summed E-state index contributed by atoms with van der Waals surface area (Å²) in [5, 5.41) is 0. The highest BCUT2D eigenvalue weighted by Gasteiger charge is 2.36. The van der Waals surface area contributed by atoms with E-state index < -0.39 is 0 Å². The first-order valence-corrected chi connectivity index (χ1v) is 17.6. The van der Waals surface area contributed by atoms with Gasteiger partial charge in [-0.2, -0.15) is 0 Å². The standard InChI is InChI=1S/C46H50N2/c1-34(2)10-17-38(6)47(41-22-11-35(3)12-23-41)42-28-18-39(19-29-42)46(32-8-7-9-33-46)40-20-30-45(31-21-40)48(43-24-13-36(4)14-25-43)44-26-15-37(5)16-27-44/h10-31H,7-9,32-33H2,1-6H3/b38-17+. The molecule has 2 heteroatoms. The van der Waals surface area contributed by atoms with Gasteiger partial charge in [-0.15, -0.1) is 0 Å². The Bertz CT molecular complexity index is 1800. The van der Waals surface area contributed by atoms with E-state index in [-0.39, 0.29) is 5.41 Å². The van der Waals surface area contributed by atoms with Gasteiger partial charge in [0.1, 0.15) is 0 Å². The molecule has 6 rings (SSSR count). The first-order chi connectivity index (χ1) is 23.2. The van der Waals surface area contributed by atoms with Crippen molar-refractivity contribution in [3.63, 3.8) is 0 Å². The first kappa shape index (κ1) is 33.1. The highest BCUT2D eigenvalue weighted by atomic mass is 15.1. The van der Waals surface area contributed by atoms with Crippen LogP contribution in [0, 0.1) is 20.8 Å². The fourth-order valence-electron chi connectivity index (χ4n) is 7.21. The lowest BCUT2D eigenvalue weighted by atomic mass is 9.65. The predicted molar refractivity (Wildman–Crippen MR) is 207 cm³/mol. The van der Waals surface area contributed by atoms with E-state index in [9.17, 15) is 0 Å². The van der Waals surface area contributed by atoms with E-state index in [1.54, 1.807) is 0 Å². The second-order valence-corrected chi connectivity index (χ2v) is 14.0. The minimum Gasteiger partial charge on any atom is -0.315 e. The molecule has 0 amide bonds. The van der Waals surface area contributed by atoms with Gasteiger partial charge in [-0.25, -0.2) is 0 Å². The van der Waals surface area contributed by atoms with Crippen molar-refractivity contribution < 1.29 is 0 Å². The third-order valence-corrected chi connectivity index (χ3v) is 9.95. The third-order valence-electron chi connectivity index (χ3n) is 9.95. The molecule has 5 aromatic carbocycles. The Balaban J connectivity index is 1.37. The molecule has 48 heavy (non-hydrogen) atoms. The van der Waals surface area contributed by atoms with Crippen LogP contribution in [0.2, 0.25) is 0 Å². The minimum absolute atomic E-state index is 0.00942. The van der Waals surface area contributed by atoms with Crippen LogP contribution in [0.1, 0.15) is 80.7 Å². The fraction of sp³-hybridized carbons (Fsp3) is 0.261. The summed E-state index contributed by atoms with van der Waals surface area (Å²) in [4.78, 5) is 4.74. The van der Waals surface area contributed by atoms with Gasteiger partial charge in [-0.05, 0) is 132 Å². The average molecular weight is 631 g/mol. The largest absolute Gasteiger partial charge is 0.315 e. The summed E-state index contributed by atoms with van der Waals surface area (Å²) in [6.45, 7) is 12.9. The topological polar surface area (TPSA) is 6.48 Å². The molecule has 0 spiro atoms. The number of allylic oxidation sites excluding steroid dienone is 4. The molecule has 2 nitrogen and oxygen atoms in total. The second kappa shape index (κ2) is 14.5. The molecule has 1 aliphatic carbocycles. The number of rotatable bonds is 9. The summed E-state index contributed by atoms with van der Waals surface area (Å²) in [6.07, 6.45) is 10.6. The molecular weight excluding hydrogens is 581 g/mol. The van der Waals surface area contributed by atoms with Crippen LogP contribution < -0.4 is 9.80 Å². The Morgan fingerprint density at radius 1 is 0.458 bits per heavy atom. The van der Waals surface area contributed by atoms with Crippen molar-refractivity contribution in [1.82, 2.24) is 0 Å². The van der Waals surface area contributed by atoms with Gasteiger partial charge in [0.2, 0.25) is 0 Å². The summed E-state index contributed by atoms with van der Waals surface area (Å²) in [6, 6.07) is 45.5. The van der Waals surface area contributed by atoms with Crippen LogP contribution in [0.3, 0.4) is 0 Å². The van der Waals surface area contributed by atoms with Crippen molar-refractivity contribution in [1.29, 1.82) is 0 Å². The Labute approximate surface area is 289 Å². The number of benzene rings is 5. The summed E-state index contributed by atoms with van der Waals surface area (Å²) in [5.74, 6) is 0. The zero-order valence-corrected chi connectivity index (χ0v) is 29.6. The molecule has 244 valence electrons. The van der Waals surface area contributed by atoms with Gasteiger partial charge in [0.25, 0.3) is 0 Å². The van der Waals surface area contributed by atoms with Crippen molar-refractivity contribution >= 4 is 28.4 Å². The van der Waals surface area contributed by atoms with Crippen LogP contribution in [0.5, 0.6) is 0 Å². The van der Waals surface area contributed by atoms with Crippen molar-refractivity contribution in [2.24, 2.45) is 0 Å². The molecule has 5 aromatic rings. The molecule has 0 heterocycles. The molecular formula is C46H50N2. The molecule has 0 aliphatic heterocycles. The second-order valence-electron chi connectivity index (χ2n) is 14.0. The van der Waals surface area contributed by atoms with E-state index in [1.165, 1.54) is 99.6 Å². The van der Waals surface area contributed by atoms with Crippen LogP contribution in [-0.4, -0.2) is 0 Å². The van der Waals surface area contributed by atoms with Crippen molar-refractivity contribution in [3.05, 3.63) is 173 Å². The molecule has 0 unspecified atom stereocenters.